The predicted octanol–water partition coefficient (Wildman–Crippen LogP) is 4.88. The first kappa shape index (κ1) is 17.9. The molecule has 21 heavy (non-hydrogen) atoms. The minimum Gasteiger partial charge on any atom is -0.305 e. The fourth-order valence-corrected chi connectivity index (χ4v) is 2.08. The Balaban J connectivity index is 3.01. The van der Waals surface area contributed by atoms with Crippen molar-refractivity contribution in [3.63, 3.8) is 0 Å². The highest BCUT2D eigenvalue weighted by atomic mass is 19.4. The van der Waals surface area contributed by atoms with Crippen molar-refractivity contribution >= 4 is 0 Å². The number of aryl methyl sites for hydroxylation is 1. The molecule has 0 radical (unpaired) electrons. The first-order valence-corrected chi connectivity index (χ1v) is 7.00. The summed E-state index contributed by atoms with van der Waals surface area (Å²) in [4.78, 5) is 0. The van der Waals surface area contributed by atoms with Crippen molar-refractivity contribution in [1.29, 1.82) is 0 Å². The first-order chi connectivity index (χ1) is 9.74. The SMILES string of the molecule is CCCCc1ccc(C(NCC)C(F)(F)C(F)(F)F)cc1. The maximum atomic E-state index is 13.6. The van der Waals surface area contributed by atoms with Gasteiger partial charge in [-0.05, 0) is 30.5 Å². The molecule has 0 fully saturated rings. The van der Waals surface area contributed by atoms with Crippen LogP contribution in [0.3, 0.4) is 0 Å². The van der Waals surface area contributed by atoms with Gasteiger partial charge in [-0.2, -0.15) is 22.0 Å². The second-order valence-corrected chi connectivity index (χ2v) is 4.96. The van der Waals surface area contributed by atoms with Gasteiger partial charge in [0.2, 0.25) is 0 Å². The summed E-state index contributed by atoms with van der Waals surface area (Å²) in [6.07, 6.45) is -2.85. The van der Waals surface area contributed by atoms with Crippen molar-refractivity contribution in [2.24, 2.45) is 0 Å². The Bertz CT molecular complexity index is 425. The van der Waals surface area contributed by atoms with E-state index in [1.807, 2.05) is 6.92 Å². The molecule has 1 nitrogen and oxygen atoms in total. The van der Waals surface area contributed by atoms with Crippen LogP contribution in [-0.2, 0) is 6.42 Å². The molecule has 1 N–H and O–H groups in total. The summed E-state index contributed by atoms with van der Waals surface area (Å²) in [5.41, 5.74) is 0.880. The van der Waals surface area contributed by atoms with Crippen LogP contribution in [0.1, 0.15) is 43.9 Å². The predicted molar refractivity (Wildman–Crippen MR) is 72.5 cm³/mol. The Morgan fingerprint density at radius 2 is 1.57 bits per heavy atom. The van der Waals surface area contributed by atoms with Gasteiger partial charge in [-0.3, -0.25) is 0 Å². The lowest BCUT2D eigenvalue weighted by molar-refractivity contribution is -0.294. The smallest absolute Gasteiger partial charge is 0.305 e. The highest BCUT2D eigenvalue weighted by Crippen LogP contribution is 2.44. The van der Waals surface area contributed by atoms with E-state index in [9.17, 15) is 22.0 Å². The number of hydrogen-bond donors (Lipinski definition) is 1. The Morgan fingerprint density at radius 1 is 1.00 bits per heavy atom. The van der Waals surface area contributed by atoms with Crippen molar-refractivity contribution in [1.82, 2.24) is 5.32 Å². The zero-order valence-electron chi connectivity index (χ0n) is 12.1. The molecule has 0 bridgehead atoms. The summed E-state index contributed by atoms with van der Waals surface area (Å²) >= 11 is 0. The minimum atomic E-state index is -5.58. The number of halogens is 5. The number of hydrogen-bond acceptors (Lipinski definition) is 1. The molecule has 1 aromatic carbocycles. The van der Waals surface area contributed by atoms with Gasteiger partial charge in [0.1, 0.15) is 6.04 Å². The lowest BCUT2D eigenvalue weighted by atomic mass is 9.97. The minimum absolute atomic E-state index is 0.0217. The van der Waals surface area contributed by atoms with Gasteiger partial charge < -0.3 is 5.32 Å². The summed E-state index contributed by atoms with van der Waals surface area (Å²) in [6, 6.07) is 3.85. The lowest BCUT2D eigenvalue weighted by Gasteiger charge is -2.29. The van der Waals surface area contributed by atoms with E-state index in [0.29, 0.717) is 0 Å². The second-order valence-electron chi connectivity index (χ2n) is 4.96. The third-order valence-electron chi connectivity index (χ3n) is 3.28. The van der Waals surface area contributed by atoms with Crippen LogP contribution in [0.4, 0.5) is 22.0 Å². The van der Waals surface area contributed by atoms with Crippen LogP contribution >= 0.6 is 0 Å². The second kappa shape index (κ2) is 7.20. The largest absolute Gasteiger partial charge is 0.455 e. The molecule has 6 heteroatoms. The highest BCUT2D eigenvalue weighted by molar-refractivity contribution is 5.27. The van der Waals surface area contributed by atoms with Gasteiger partial charge in [0, 0.05) is 0 Å². The number of rotatable bonds is 7. The normalized spacial score (nSPS) is 14.2. The van der Waals surface area contributed by atoms with Crippen molar-refractivity contribution in [3.8, 4) is 0 Å². The molecule has 0 saturated heterocycles. The molecule has 1 rings (SSSR count). The van der Waals surface area contributed by atoms with Gasteiger partial charge in [0.25, 0.3) is 0 Å². The molecule has 0 amide bonds. The van der Waals surface area contributed by atoms with Gasteiger partial charge in [-0.25, -0.2) is 0 Å². The van der Waals surface area contributed by atoms with Gasteiger partial charge in [-0.1, -0.05) is 44.5 Å². The van der Waals surface area contributed by atoms with Crippen molar-refractivity contribution in [2.45, 2.75) is 51.3 Å². The summed E-state index contributed by atoms with van der Waals surface area (Å²) in [6.45, 7) is 3.54. The van der Waals surface area contributed by atoms with Crippen LogP contribution in [0.2, 0.25) is 0 Å². The molecule has 0 aromatic heterocycles. The molecular formula is C15H20F5N. The van der Waals surface area contributed by atoms with E-state index in [2.05, 4.69) is 5.32 Å². The Kier molecular flexibility index (Phi) is 6.13. The van der Waals surface area contributed by atoms with E-state index in [1.165, 1.54) is 19.1 Å². The van der Waals surface area contributed by atoms with Crippen molar-refractivity contribution in [2.75, 3.05) is 6.54 Å². The fourth-order valence-electron chi connectivity index (χ4n) is 2.08. The third kappa shape index (κ3) is 4.40. The summed E-state index contributed by atoms with van der Waals surface area (Å²) < 4.78 is 64.8. The number of alkyl halides is 5. The highest BCUT2D eigenvalue weighted by Gasteiger charge is 2.62. The average molecular weight is 309 g/mol. The van der Waals surface area contributed by atoms with Gasteiger partial charge in [0.05, 0.1) is 0 Å². The third-order valence-corrected chi connectivity index (χ3v) is 3.28. The van der Waals surface area contributed by atoms with Gasteiger partial charge in [-0.15, -0.1) is 0 Å². The summed E-state index contributed by atoms with van der Waals surface area (Å²) in [5, 5.41) is 2.24. The fraction of sp³-hybridized carbons (Fsp3) is 0.600. The quantitative estimate of drug-likeness (QED) is 0.708. The number of nitrogens with one attached hydrogen (secondary N) is 1. The van der Waals surface area contributed by atoms with Crippen molar-refractivity contribution in [3.05, 3.63) is 35.4 Å². The maximum absolute atomic E-state index is 13.6. The topological polar surface area (TPSA) is 12.0 Å². The maximum Gasteiger partial charge on any atom is 0.455 e. The number of unbranched alkanes of at least 4 members (excludes halogenated alkanes) is 1. The lowest BCUT2D eigenvalue weighted by Crippen LogP contribution is -2.48. The van der Waals surface area contributed by atoms with Crippen LogP contribution in [-0.4, -0.2) is 18.6 Å². The van der Waals surface area contributed by atoms with Crippen LogP contribution in [0.15, 0.2) is 24.3 Å². The zero-order valence-corrected chi connectivity index (χ0v) is 12.1. The van der Waals surface area contributed by atoms with Crippen LogP contribution in [0.5, 0.6) is 0 Å². The monoisotopic (exact) mass is 309 g/mol. The summed E-state index contributed by atoms with van der Waals surface area (Å²) in [7, 11) is 0. The molecule has 120 valence electrons. The van der Waals surface area contributed by atoms with E-state index in [4.69, 9.17) is 0 Å². The van der Waals surface area contributed by atoms with Crippen LogP contribution in [0.25, 0.3) is 0 Å². The molecule has 0 aliphatic rings. The van der Waals surface area contributed by atoms with Gasteiger partial charge >= 0.3 is 12.1 Å². The molecule has 1 atom stereocenters. The standard InChI is InChI=1S/C15H20F5N/c1-3-5-6-11-7-9-12(10-8-11)13(21-4-2)14(16,17)15(18,19)20/h7-10,13,21H,3-6H2,1-2H3. The number of benzene rings is 1. The van der Waals surface area contributed by atoms with E-state index >= 15 is 0 Å². The molecule has 0 aliphatic heterocycles. The van der Waals surface area contributed by atoms with Crippen molar-refractivity contribution < 1.29 is 22.0 Å². The Labute approximate surface area is 121 Å². The molecule has 1 aromatic rings. The Hall–Kier alpha value is -1.17. The van der Waals surface area contributed by atoms with E-state index in [0.717, 1.165) is 24.8 Å². The molecule has 1 unspecified atom stereocenters. The van der Waals surface area contributed by atoms with Crippen LogP contribution < -0.4 is 5.32 Å². The van der Waals surface area contributed by atoms with E-state index in [1.54, 1.807) is 12.1 Å². The average Bonchev–Trinajstić information content (AvgIpc) is 2.42. The first-order valence-electron chi connectivity index (χ1n) is 7.00. The van der Waals surface area contributed by atoms with Gasteiger partial charge in [0.15, 0.2) is 0 Å². The molecule has 0 heterocycles. The molecular weight excluding hydrogens is 289 g/mol. The van der Waals surface area contributed by atoms with E-state index in [-0.39, 0.29) is 12.1 Å². The Morgan fingerprint density at radius 3 is 2.00 bits per heavy atom. The molecule has 0 saturated carbocycles. The van der Waals surface area contributed by atoms with Crippen LogP contribution in [0, 0.1) is 0 Å². The molecule has 0 aliphatic carbocycles. The molecule has 0 spiro atoms. The van der Waals surface area contributed by atoms with E-state index < -0.39 is 18.1 Å². The zero-order chi connectivity index (χ0) is 16.1. The summed E-state index contributed by atoms with van der Waals surface area (Å²) in [5.74, 6) is -4.81.